The zero-order valence-electron chi connectivity index (χ0n) is 32.7. The fraction of sp³-hybridized carbons (Fsp3) is 0.404. The number of hydrogen-bond acceptors (Lipinski definition) is 9. The number of ether oxygens (including phenoxy) is 3. The molecule has 1 amide bonds. The summed E-state index contributed by atoms with van der Waals surface area (Å²) in [6, 6.07) is 30.6. The Bertz CT molecular complexity index is 2050. The van der Waals surface area contributed by atoms with Crippen LogP contribution in [0.15, 0.2) is 125 Å². The summed E-state index contributed by atoms with van der Waals surface area (Å²) >= 11 is 1.73. The fourth-order valence-electron chi connectivity index (χ4n) is 8.94. The number of aliphatic hydroxyl groups excluding tert-OH is 2. The number of oxime groups is 1. The SMILES string of the molecule is C=CCOC12Oc3ccc(OC(=O)NCC)cc3C3C(CCCCO)C(CCCCO)C=C(C(=NOCc4ccccc4)CC1Sc1ccc4ccccc4c1)C32. The van der Waals surface area contributed by atoms with Crippen LogP contribution in [0.5, 0.6) is 11.5 Å². The number of nitrogens with zero attached hydrogens (tertiary/aromatic N) is 1. The molecule has 9 nitrogen and oxygen atoms in total. The molecule has 7 rings (SSSR count). The first-order valence-electron chi connectivity index (χ1n) is 20.3. The highest BCUT2D eigenvalue weighted by atomic mass is 32.2. The van der Waals surface area contributed by atoms with Crippen molar-refractivity contribution in [3.63, 3.8) is 0 Å². The molecule has 0 aromatic heterocycles. The maximum atomic E-state index is 12.7. The second-order valence-corrected chi connectivity index (χ2v) is 16.3. The third kappa shape index (κ3) is 9.10. The molecule has 10 heteroatoms. The van der Waals surface area contributed by atoms with E-state index < -0.39 is 11.9 Å². The Morgan fingerprint density at radius 3 is 2.51 bits per heavy atom. The van der Waals surface area contributed by atoms with E-state index in [2.05, 4.69) is 60.4 Å². The van der Waals surface area contributed by atoms with Crippen molar-refractivity contribution in [1.29, 1.82) is 0 Å². The van der Waals surface area contributed by atoms with Crippen LogP contribution in [0.25, 0.3) is 10.8 Å². The van der Waals surface area contributed by atoms with Crippen LogP contribution in [0.2, 0.25) is 0 Å². The van der Waals surface area contributed by atoms with Crippen LogP contribution in [-0.2, 0) is 16.2 Å². The monoisotopic (exact) mass is 790 g/mol. The van der Waals surface area contributed by atoms with Crippen LogP contribution in [0.1, 0.15) is 68.9 Å². The molecule has 3 N–H and O–H groups in total. The normalized spacial score (nSPS) is 24.2. The highest BCUT2D eigenvalue weighted by Gasteiger charge is 2.64. The van der Waals surface area contributed by atoms with Gasteiger partial charge >= 0.3 is 6.09 Å². The fourth-order valence-corrected chi connectivity index (χ4v) is 10.3. The van der Waals surface area contributed by atoms with E-state index in [1.807, 2.05) is 49.4 Å². The Hall–Kier alpha value is -4.61. The number of aliphatic hydroxyl groups is 2. The third-order valence-corrected chi connectivity index (χ3v) is 12.7. The Balaban J connectivity index is 1.41. The van der Waals surface area contributed by atoms with Gasteiger partial charge in [0, 0.05) is 42.6 Å². The first-order chi connectivity index (χ1) is 28.0. The van der Waals surface area contributed by atoms with Gasteiger partial charge in [-0.05, 0) is 96.7 Å². The van der Waals surface area contributed by atoms with Gasteiger partial charge in [0.15, 0.2) is 0 Å². The summed E-state index contributed by atoms with van der Waals surface area (Å²) in [6.07, 6.45) is 8.99. The minimum absolute atomic E-state index is 0.119. The molecule has 0 bridgehead atoms. The number of carbonyl (C=O) groups is 1. The maximum Gasteiger partial charge on any atom is 0.412 e. The van der Waals surface area contributed by atoms with Gasteiger partial charge in [-0.1, -0.05) is 90.8 Å². The zero-order chi connectivity index (χ0) is 39.6. The number of benzene rings is 4. The Morgan fingerprint density at radius 2 is 1.74 bits per heavy atom. The summed E-state index contributed by atoms with van der Waals surface area (Å²) in [4.78, 5) is 20.0. The Morgan fingerprint density at radius 1 is 0.965 bits per heavy atom. The van der Waals surface area contributed by atoms with Crippen molar-refractivity contribution < 1.29 is 34.1 Å². The molecule has 2 aliphatic carbocycles. The molecule has 57 heavy (non-hydrogen) atoms. The summed E-state index contributed by atoms with van der Waals surface area (Å²) in [5, 5.41) is 29.5. The molecule has 1 heterocycles. The second kappa shape index (κ2) is 19.2. The zero-order valence-corrected chi connectivity index (χ0v) is 33.5. The van der Waals surface area contributed by atoms with Crippen LogP contribution in [0.4, 0.5) is 4.79 Å². The number of amides is 1. The number of thioether (sulfide) groups is 1. The summed E-state index contributed by atoms with van der Waals surface area (Å²) in [6.45, 7) is 7.20. The van der Waals surface area contributed by atoms with E-state index in [4.69, 9.17) is 24.2 Å². The van der Waals surface area contributed by atoms with Gasteiger partial charge < -0.3 is 34.6 Å². The smallest absolute Gasteiger partial charge is 0.412 e. The van der Waals surface area contributed by atoms with E-state index in [1.165, 1.54) is 5.39 Å². The molecule has 1 aliphatic heterocycles. The molecule has 0 spiro atoms. The van der Waals surface area contributed by atoms with Crippen LogP contribution in [0, 0.1) is 17.8 Å². The number of nitrogens with one attached hydrogen (secondary N) is 1. The predicted octanol–water partition coefficient (Wildman–Crippen LogP) is 9.57. The average molecular weight is 791 g/mol. The average Bonchev–Trinajstić information content (AvgIpc) is 3.22. The first kappa shape index (κ1) is 40.6. The first-order valence-corrected chi connectivity index (χ1v) is 21.2. The summed E-state index contributed by atoms with van der Waals surface area (Å²) in [5.41, 5.74) is 3.88. The van der Waals surface area contributed by atoms with Gasteiger partial charge in [-0.3, -0.25) is 0 Å². The van der Waals surface area contributed by atoms with E-state index in [9.17, 15) is 15.0 Å². The van der Waals surface area contributed by atoms with E-state index in [0.717, 1.165) is 58.4 Å². The molecule has 1 saturated carbocycles. The van der Waals surface area contributed by atoms with Crippen LogP contribution in [0.3, 0.4) is 0 Å². The Kier molecular flexibility index (Phi) is 13.7. The minimum atomic E-state index is -1.14. The molecule has 1 fully saturated rings. The molecule has 4 aromatic rings. The number of carbonyl (C=O) groups excluding carboxylic acids is 1. The molecule has 3 aliphatic rings. The molecule has 4 aromatic carbocycles. The van der Waals surface area contributed by atoms with Gasteiger partial charge in [0.05, 0.1) is 23.5 Å². The molecule has 0 radical (unpaired) electrons. The molecule has 6 unspecified atom stereocenters. The lowest BCUT2D eigenvalue weighted by atomic mass is 9.56. The van der Waals surface area contributed by atoms with Crippen molar-refractivity contribution >= 4 is 34.3 Å². The Labute approximate surface area is 340 Å². The number of allylic oxidation sites excluding steroid dienone is 1. The minimum Gasteiger partial charge on any atom is -0.460 e. The van der Waals surface area contributed by atoms with Gasteiger partial charge in [0.1, 0.15) is 18.1 Å². The molecular weight excluding hydrogens is 737 g/mol. The number of fused-ring (bicyclic) bond motifs is 3. The third-order valence-electron chi connectivity index (χ3n) is 11.4. The molecule has 0 saturated heterocycles. The van der Waals surface area contributed by atoms with E-state index in [0.29, 0.717) is 43.9 Å². The van der Waals surface area contributed by atoms with Gasteiger partial charge in [0.25, 0.3) is 0 Å². The van der Waals surface area contributed by atoms with Crippen molar-refractivity contribution in [2.24, 2.45) is 22.9 Å². The van der Waals surface area contributed by atoms with Crippen LogP contribution < -0.4 is 14.8 Å². The van der Waals surface area contributed by atoms with E-state index >= 15 is 0 Å². The molecule has 300 valence electrons. The van der Waals surface area contributed by atoms with Crippen molar-refractivity contribution in [1.82, 2.24) is 5.32 Å². The number of unbranched alkanes of at least 4 members (excludes halogenated alkanes) is 2. The lowest BCUT2D eigenvalue weighted by Gasteiger charge is -2.58. The topological polar surface area (TPSA) is 119 Å². The van der Waals surface area contributed by atoms with E-state index in [1.54, 1.807) is 23.9 Å². The van der Waals surface area contributed by atoms with Gasteiger partial charge in [-0.15, -0.1) is 18.3 Å². The van der Waals surface area contributed by atoms with Gasteiger partial charge in [-0.2, -0.15) is 0 Å². The lowest BCUT2D eigenvalue weighted by Crippen LogP contribution is -2.64. The largest absolute Gasteiger partial charge is 0.460 e. The lowest BCUT2D eigenvalue weighted by molar-refractivity contribution is -0.223. The van der Waals surface area contributed by atoms with Gasteiger partial charge in [-0.25, -0.2) is 4.79 Å². The van der Waals surface area contributed by atoms with Crippen molar-refractivity contribution in [3.05, 3.63) is 126 Å². The van der Waals surface area contributed by atoms with Crippen molar-refractivity contribution in [2.75, 3.05) is 26.4 Å². The molecule has 6 atom stereocenters. The number of hydrogen-bond donors (Lipinski definition) is 3. The van der Waals surface area contributed by atoms with Gasteiger partial charge in [0.2, 0.25) is 5.79 Å². The van der Waals surface area contributed by atoms with Crippen LogP contribution in [-0.4, -0.2) is 59.4 Å². The highest BCUT2D eigenvalue weighted by molar-refractivity contribution is 8.00. The second-order valence-electron chi connectivity index (χ2n) is 15.1. The maximum absolute atomic E-state index is 12.7. The van der Waals surface area contributed by atoms with E-state index in [-0.39, 0.29) is 48.7 Å². The molecular formula is C47H54N2O7S. The van der Waals surface area contributed by atoms with Crippen LogP contribution >= 0.6 is 11.8 Å². The number of rotatable bonds is 18. The van der Waals surface area contributed by atoms with Crippen molar-refractivity contribution in [3.8, 4) is 11.5 Å². The summed E-state index contributed by atoms with van der Waals surface area (Å²) in [7, 11) is 0. The predicted molar refractivity (Wildman–Crippen MR) is 226 cm³/mol. The summed E-state index contributed by atoms with van der Waals surface area (Å²) in [5.74, 6) is -0.212. The van der Waals surface area contributed by atoms with Crippen molar-refractivity contribution in [2.45, 2.75) is 80.3 Å². The highest BCUT2D eigenvalue weighted by Crippen LogP contribution is 2.63. The summed E-state index contributed by atoms with van der Waals surface area (Å²) < 4.78 is 20.2. The standard InChI is InChI=1S/C47H54N2O7S/c1-3-26-53-47-43(57-37-22-20-33-16-8-9-17-34(33)27-37)30-41(49-54-31-32-14-6-5-7-15-32)39-28-35(18-10-12-24-50)38(19-11-13-25-51)44(45(39)47)40-29-36(21-23-42(40)56-47)55-46(52)48-4-2/h3,5-9,14-17,20-23,27-29,35,38,43-45,50-51H,1,4,10-13,18-19,24-26,30-31H2,2H3,(H,48,52). The quantitative estimate of drug-likeness (QED) is 0.0518.